The Hall–Kier alpha value is -2.40. The van der Waals surface area contributed by atoms with Gasteiger partial charge in [-0.1, -0.05) is 12.1 Å². The maximum absolute atomic E-state index is 4.46. The van der Waals surface area contributed by atoms with Gasteiger partial charge < -0.3 is 4.90 Å². The summed E-state index contributed by atoms with van der Waals surface area (Å²) in [5.41, 5.74) is 3.91. The van der Waals surface area contributed by atoms with Crippen LogP contribution in [0.1, 0.15) is 35.6 Å². The molecule has 0 radical (unpaired) electrons. The van der Waals surface area contributed by atoms with E-state index in [1.165, 1.54) is 0 Å². The first kappa shape index (κ1) is 19.9. The molecule has 0 saturated carbocycles. The Kier molecular flexibility index (Phi) is 8.63. The molecule has 2 rings (SSSR count). The molecule has 0 aliphatic rings. The number of rotatable bonds is 10. The summed E-state index contributed by atoms with van der Waals surface area (Å²) in [7, 11) is 2.15. The molecule has 0 spiro atoms. The summed E-state index contributed by atoms with van der Waals surface area (Å²) in [6.07, 6.45) is 5.83. The highest BCUT2D eigenvalue weighted by atomic mass is 15.1. The maximum atomic E-state index is 4.46. The predicted octanol–water partition coefficient (Wildman–Crippen LogP) is 3.34. The van der Waals surface area contributed by atoms with Gasteiger partial charge in [0.05, 0.1) is 11.4 Å². The molecule has 138 valence electrons. The lowest BCUT2D eigenvalue weighted by Gasteiger charge is -2.14. The molecule has 0 aromatic carbocycles. The molecule has 0 saturated heterocycles. The zero-order valence-electron chi connectivity index (χ0n) is 16.1. The van der Waals surface area contributed by atoms with E-state index in [1.54, 1.807) is 0 Å². The average molecular weight is 351 g/mol. The van der Waals surface area contributed by atoms with Crippen molar-refractivity contribution >= 4 is 12.4 Å². The molecule has 0 N–H and O–H groups in total. The van der Waals surface area contributed by atoms with Crippen molar-refractivity contribution in [2.24, 2.45) is 9.98 Å². The molecule has 2 heterocycles. The second-order valence-electron chi connectivity index (χ2n) is 6.49. The minimum absolute atomic E-state index is 0.830. The fourth-order valence-electron chi connectivity index (χ4n) is 2.56. The molecule has 5 heteroatoms. The summed E-state index contributed by atoms with van der Waals surface area (Å²) < 4.78 is 0. The van der Waals surface area contributed by atoms with E-state index < -0.39 is 0 Å². The Morgan fingerprint density at radius 3 is 1.69 bits per heavy atom. The SMILES string of the molecule is Cc1cccc(C=NCCCN(C)CCCN=Cc2cccc(C)n2)n1. The van der Waals surface area contributed by atoms with Crippen molar-refractivity contribution < 1.29 is 0 Å². The summed E-state index contributed by atoms with van der Waals surface area (Å²) in [6.45, 7) is 7.74. The van der Waals surface area contributed by atoms with Crippen molar-refractivity contribution in [2.75, 3.05) is 33.2 Å². The minimum atomic E-state index is 0.830. The van der Waals surface area contributed by atoms with Crippen molar-refractivity contribution in [3.8, 4) is 0 Å². The lowest BCUT2D eigenvalue weighted by Crippen LogP contribution is -2.22. The van der Waals surface area contributed by atoms with Crippen LogP contribution in [0.5, 0.6) is 0 Å². The number of nitrogens with zero attached hydrogens (tertiary/aromatic N) is 5. The van der Waals surface area contributed by atoms with Gasteiger partial charge in [-0.3, -0.25) is 20.0 Å². The Labute approximate surface area is 156 Å². The van der Waals surface area contributed by atoms with Crippen molar-refractivity contribution in [1.82, 2.24) is 14.9 Å². The number of pyridine rings is 2. The summed E-state index contributed by atoms with van der Waals surface area (Å²) >= 11 is 0. The molecule has 0 unspecified atom stereocenters. The highest BCUT2D eigenvalue weighted by Crippen LogP contribution is 1.97. The number of aromatic nitrogens is 2. The van der Waals surface area contributed by atoms with Crippen molar-refractivity contribution in [1.29, 1.82) is 0 Å². The molecule has 0 fully saturated rings. The monoisotopic (exact) mass is 351 g/mol. The van der Waals surface area contributed by atoms with Gasteiger partial charge in [0.15, 0.2) is 0 Å². The Balaban J connectivity index is 1.55. The van der Waals surface area contributed by atoms with Crippen molar-refractivity contribution in [3.63, 3.8) is 0 Å². The van der Waals surface area contributed by atoms with Gasteiger partial charge in [0.2, 0.25) is 0 Å². The second kappa shape index (κ2) is 11.3. The second-order valence-corrected chi connectivity index (χ2v) is 6.49. The standard InChI is InChI=1S/C21H29N5/c1-18-8-4-10-20(24-18)16-22-12-6-14-26(3)15-7-13-23-17-21-11-5-9-19(2)25-21/h4-5,8-11,16-17H,6-7,12-15H2,1-3H3. The first-order valence-electron chi connectivity index (χ1n) is 9.19. The first-order valence-corrected chi connectivity index (χ1v) is 9.19. The molecular weight excluding hydrogens is 322 g/mol. The lowest BCUT2D eigenvalue weighted by atomic mass is 10.3. The Morgan fingerprint density at radius 1 is 0.808 bits per heavy atom. The Bertz CT molecular complexity index is 662. The molecule has 0 bridgehead atoms. The van der Waals surface area contributed by atoms with Crippen LogP contribution in [0.25, 0.3) is 0 Å². The van der Waals surface area contributed by atoms with Crippen LogP contribution in [0.3, 0.4) is 0 Å². The first-order chi connectivity index (χ1) is 12.6. The van der Waals surface area contributed by atoms with Crippen LogP contribution in [0, 0.1) is 13.8 Å². The fraction of sp³-hybridized carbons (Fsp3) is 0.429. The molecule has 2 aromatic heterocycles. The van der Waals surface area contributed by atoms with Crippen LogP contribution in [0.2, 0.25) is 0 Å². The third-order valence-electron chi connectivity index (χ3n) is 3.92. The van der Waals surface area contributed by atoms with E-state index >= 15 is 0 Å². The van der Waals surface area contributed by atoms with Crippen LogP contribution in [0.4, 0.5) is 0 Å². The molecule has 0 aliphatic heterocycles. The van der Waals surface area contributed by atoms with Crippen molar-refractivity contribution in [2.45, 2.75) is 26.7 Å². The van der Waals surface area contributed by atoms with Gasteiger partial charge >= 0.3 is 0 Å². The zero-order valence-corrected chi connectivity index (χ0v) is 16.1. The maximum Gasteiger partial charge on any atom is 0.0811 e. The largest absolute Gasteiger partial charge is 0.306 e. The van der Waals surface area contributed by atoms with Gasteiger partial charge in [0.1, 0.15) is 0 Å². The number of aliphatic imine (C=N–C) groups is 2. The average Bonchev–Trinajstić information content (AvgIpc) is 2.61. The van der Waals surface area contributed by atoms with E-state index in [9.17, 15) is 0 Å². The highest BCUT2D eigenvalue weighted by molar-refractivity contribution is 5.77. The Morgan fingerprint density at radius 2 is 1.27 bits per heavy atom. The van der Waals surface area contributed by atoms with E-state index in [-0.39, 0.29) is 0 Å². The molecule has 2 aromatic rings. The lowest BCUT2D eigenvalue weighted by molar-refractivity contribution is 0.329. The molecule has 26 heavy (non-hydrogen) atoms. The molecule has 0 amide bonds. The zero-order chi connectivity index (χ0) is 18.6. The van der Waals surface area contributed by atoms with Gasteiger partial charge in [0, 0.05) is 36.9 Å². The van der Waals surface area contributed by atoms with Gasteiger partial charge in [-0.15, -0.1) is 0 Å². The van der Waals surface area contributed by atoms with Gasteiger partial charge in [-0.05, 0) is 71.1 Å². The third-order valence-corrected chi connectivity index (χ3v) is 3.92. The van der Waals surface area contributed by atoms with E-state index in [0.717, 1.165) is 61.8 Å². The topological polar surface area (TPSA) is 53.7 Å². The normalized spacial score (nSPS) is 11.8. The van der Waals surface area contributed by atoms with Crippen LogP contribution >= 0.6 is 0 Å². The van der Waals surface area contributed by atoms with Crippen LogP contribution in [0.15, 0.2) is 46.4 Å². The minimum Gasteiger partial charge on any atom is -0.306 e. The van der Waals surface area contributed by atoms with Gasteiger partial charge in [0.25, 0.3) is 0 Å². The van der Waals surface area contributed by atoms with E-state index in [0.29, 0.717) is 0 Å². The van der Waals surface area contributed by atoms with Crippen LogP contribution in [-0.2, 0) is 0 Å². The number of hydrogen-bond donors (Lipinski definition) is 0. The van der Waals surface area contributed by atoms with Crippen LogP contribution < -0.4 is 0 Å². The molecule has 0 aliphatic carbocycles. The van der Waals surface area contributed by atoms with Crippen LogP contribution in [-0.4, -0.2) is 60.5 Å². The molecular formula is C21H29N5. The van der Waals surface area contributed by atoms with E-state index in [2.05, 4.69) is 31.9 Å². The predicted molar refractivity (Wildman–Crippen MR) is 110 cm³/mol. The van der Waals surface area contributed by atoms with E-state index in [4.69, 9.17) is 0 Å². The quantitative estimate of drug-likeness (QED) is 0.487. The summed E-state index contributed by atoms with van der Waals surface area (Å²) in [6, 6.07) is 12.0. The number of aryl methyl sites for hydroxylation is 2. The third kappa shape index (κ3) is 8.12. The summed E-state index contributed by atoms with van der Waals surface area (Å²) in [5.74, 6) is 0. The van der Waals surface area contributed by atoms with Crippen molar-refractivity contribution in [3.05, 3.63) is 59.2 Å². The summed E-state index contributed by atoms with van der Waals surface area (Å²) in [5, 5.41) is 0. The number of hydrogen-bond acceptors (Lipinski definition) is 5. The van der Waals surface area contributed by atoms with E-state index in [1.807, 2.05) is 62.7 Å². The molecule has 5 nitrogen and oxygen atoms in total. The van der Waals surface area contributed by atoms with Gasteiger partial charge in [-0.25, -0.2) is 0 Å². The summed E-state index contributed by atoms with van der Waals surface area (Å²) in [4.78, 5) is 20.1. The smallest absolute Gasteiger partial charge is 0.0811 e. The fourth-order valence-corrected chi connectivity index (χ4v) is 2.56. The molecule has 0 atom stereocenters. The van der Waals surface area contributed by atoms with Gasteiger partial charge in [-0.2, -0.15) is 0 Å². The highest BCUT2D eigenvalue weighted by Gasteiger charge is 1.97.